The number of imidazole rings is 1. The van der Waals surface area contributed by atoms with E-state index in [2.05, 4.69) is 30.7 Å². The fraction of sp³-hybridized carbons (Fsp3) is 0.273. The third kappa shape index (κ3) is 3.25. The number of nitrogens with zero attached hydrogens (tertiary/aromatic N) is 5. The predicted molar refractivity (Wildman–Crippen MR) is 117 cm³/mol. The third-order valence-electron chi connectivity index (χ3n) is 5.48. The second-order valence-electron chi connectivity index (χ2n) is 7.64. The molecule has 2 N–H and O–H groups in total. The second-order valence-corrected chi connectivity index (χ2v) is 7.64. The van der Waals surface area contributed by atoms with E-state index in [1.807, 2.05) is 54.9 Å². The van der Waals surface area contributed by atoms with E-state index in [9.17, 15) is 4.79 Å². The zero-order valence-electron chi connectivity index (χ0n) is 17.0. The summed E-state index contributed by atoms with van der Waals surface area (Å²) in [6.45, 7) is 7.67. The van der Waals surface area contributed by atoms with Crippen molar-refractivity contribution < 1.29 is 4.79 Å². The van der Waals surface area contributed by atoms with E-state index < -0.39 is 0 Å². The van der Waals surface area contributed by atoms with Crippen molar-refractivity contribution in [2.75, 3.05) is 36.4 Å². The first kappa shape index (κ1) is 18.5. The van der Waals surface area contributed by atoms with Gasteiger partial charge in [0.05, 0.1) is 23.1 Å². The van der Waals surface area contributed by atoms with E-state index in [4.69, 9.17) is 0 Å². The van der Waals surface area contributed by atoms with Crippen LogP contribution >= 0.6 is 0 Å². The molecule has 1 aliphatic rings. The van der Waals surface area contributed by atoms with Crippen molar-refractivity contribution in [1.82, 2.24) is 24.9 Å². The molecule has 3 aromatic heterocycles. The fourth-order valence-electron chi connectivity index (χ4n) is 4.09. The Kier molecular flexibility index (Phi) is 4.55. The molecule has 0 bridgehead atoms. The summed E-state index contributed by atoms with van der Waals surface area (Å²) in [6.07, 6.45) is 5.50. The van der Waals surface area contributed by atoms with Crippen LogP contribution in [0.25, 0.3) is 16.6 Å². The molecule has 8 heteroatoms. The molecule has 1 aromatic carbocycles. The molecule has 0 aliphatic carbocycles. The van der Waals surface area contributed by atoms with E-state index in [-0.39, 0.29) is 5.91 Å². The zero-order chi connectivity index (χ0) is 20.7. The molecule has 0 atom stereocenters. The van der Waals surface area contributed by atoms with Crippen molar-refractivity contribution in [1.29, 1.82) is 0 Å². The molecule has 0 saturated carbocycles. The van der Waals surface area contributed by atoms with Gasteiger partial charge in [-0.15, -0.1) is 5.10 Å². The SMILES string of the molecule is Cc1cn2cc(NC(=O)c3ccc(N4CCNCC4)c4ccnnc34)cc(C)c2n1. The van der Waals surface area contributed by atoms with Gasteiger partial charge in [0.15, 0.2) is 0 Å². The summed E-state index contributed by atoms with van der Waals surface area (Å²) < 4.78 is 1.94. The second kappa shape index (κ2) is 7.38. The monoisotopic (exact) mass is 401 g/mol. The van der Waals surface area contributed by atoms with Crippen LogP contribution in [0.2, 0.25) is 0 Å². The van der Waals surface area contributed by atoms with Crippen molar-refractivity contribution in [3.05, 3.63) is 59.7 Å². The minimum absolute atomic E-state index is 0.206. The van der Waals surface area contributed by atoms with Gasteiger partial charge < -0.3 is 19.9 Å². The summed E-state index contributed by atoms with van der Waals surface area (Å²) in [5, 5.41) is 15.7. The molecule has 152 valence electrons. The third-order valence-corrected chi connectivity index (χ3v) is 5.48. The Morgan fingerprint density at radius 1 is 1.13 bits per heavy atom. The molecule has 1 fully saturated rings. The Balaban J connectivity index is 1.51. The minimum Gasteiger partial charge on any atom is -0.368 e. The number of carbonyl (C=O) groups is 1. The van der Waals surface area contributed by atoms with Crippen LogP contribution < -0.4 is 15.5 Å². The summed E-state index contributed by atoms with van der Waals surface area (Å²) in [7, 11) is 0. The van der Waals surface area contributed by atoms with E-state index >= 15 is 0 Å². The number of aromatic nitrogens is 4. The number of hydrogen-bond acceptors (Lipinski definition) is 6. The summed E-state index contributed by atoms with van der Waals surface area (Å²) in [4.78, 5) is 20.0. The summed E-state index contributed by atoms with van der Waals surface area (Å²) in [6, 6.07) is 7.72. The smallest absolute Gasteiger partial charge is 0.257 e. The predicted octanol–water partition coefficient (Wildman–Crippen LogP) is 2.56. The van der Waals surface area contributed by atoms with Crippen molar-refractivity contribution in [2.45, 2.75) is 13.8 Å². The number of rotatable bonds is 3. The van der Waals surface area contributed by atoms with Crippen molar-refractivity contribution in [3.63, 3.8) is 0 Å². The van der Waals surface area contributed by atoms with Crippen LogP contribution in [0.3, 0.4) is 0 Å². The fourth-order valence-corrected chi connectivity index (χ4v) is 4.09. The lowest BCUT2D eigenvalue weighted by molar-refractivity contribution is 0.102. The molecular weight excluding hydrogens is 378 g/mol. The van der Waals surface area contributed by atoms with E-state index in [1.54, 1.807) is 6.20 Å². The van der Waals surface area contributed by atoms with Gasteiger partial charge in [0.2, 0.25) is 0 Å². The van der Waals surface area contributed by atoms with Gasteiger partial charge in [0.1, 0.15) is 11.2 Å². The van der Waals surface area contributed by atoms with Gasteiger partial charge >= 0.3 is 0 Å². The number of benzene rings is 1. The molecule has 0 spiro atoms. The zero-order valence-corrected chi connectivity index (χ0v) is 17.0. The molecule has 1 amide bonds. The summed E-state index contributed by atoms with van der Waals surface area (Å²) >= 11 is 0. The highest BCUT2D eigenvalue weighted by molar-refractivity contribution is 6.13. The van der Waals surface area contributed by atoms with E-state index in [1.165, 1.54) is 0 Å². The van der Waals surface area contributed by atoms with Crippen LogP contribution in [0, 0.1) is 13.8 Å². The Hall–Kier alpha value is -3.52. The van der Waals surface area contributed by atoms with Crippen LogP contribution in [0.5, 0.6) is 0 Å². The quantitative estimate of drug-likeness (QED) is 0.549. The first-order valence-corrected chi connectivity index (χ1v) is 10.1. The maximum atomic E-state index is 13.1. The van der Waals surface area contributed by atoms with Gasteiger partial charge in [-0.1, -0.05) is 0 Å². The number of fused-ring (bicyclic) bond motifs is 2. The molecule has 5 rings (SSSR count). The summed E-state index contributed by atoms with van der Waals surface area (Å²) in [5.74, 6) is -0.206. The normalized spacial score (nSPS) is 14.4. The largest absolute Gasteiger partial charge is 0.368 e. The van der Waals surface area contributed by atoms with Crippen LogP contribution in [0.1, 0.15) is 21.6 Å². The molecule has 0 unspecified atom stereocenters. The Bertz CT molecular complexity index is 1260. The maximum Gasteiger partial charge on any atom is 0.257 e. The molecule has 8 nitrogen and oxygen atoms in total. The topological polar surface area (TPSA) is 87.5 Å². The number of pyridine rings is 1. The number of hydrogen-bond donors (Lipinski definition) is 2. The minimum atomic E-state index is -0.206. The lowest BCUT2D eigenvalue weighted by Crippen LogP contribution is -2.43. The van der Waals surface area contributed by atoms with Crippen LogP contribution in [0.4, 0.5) is 11.4 Å². The van der Waals surface area contributed by atoms with Crippen molar-refractivity contribution in [2.24, 2.45) is 0 Å². The standard InChI is InChI=1S/C22H23N7O/c1-14-11-16(13-29-12-15(2)25-21(14)29)26-22(30)18-3-4-19(28-9-7-23-8-10-28)17-5-6-24-27-20(17)18/h3-6,11-13,23H,7-10H2,1-2H3,(H,26,30). The highest BCUT2D eigenvalue weighted by atomic mass is 16.1. The highest BCUT2D eigenvalue weighted by Crippen LogP contribution is 2.29. The molecule has 1 saturated heterocycles. The average Bonchev–Trinajstić information content (AvgIpc) is 3.14. The van der Waals surface area contributed by atoms with Gasteiger partial charge in [-0.25, -0.2) is 4.98 Å². The van der Waals surface area contributed by atoms with Crippen LogP contribution in [-0.4, -0.2) is 51.7 Å². The Labute approximate surface area is 173 Å². The number of nitrogens with one attached hydrogen (secondary N) is 2. The number of piperazine rings is 1. The van der Waals surface area contributed by atoms with Crippen molar-refractivity contribution >= 4 is 33.8 Å². The maximum absolute atomic E-state index is 13.1. The number of anilines is 2. The van der Waals surface area contributed by atoms with E-state index in [0.29, 0.717) is 16.8 Å². The molecule has 4 aromatic rings. The molecule has 1 aliphatic heterocycles. The molecule has 30 heavy (non-hydrogen) atoms. The van der Waals surface area contributed by atoms with Gasteiger partial charge in [-0.3, -0.25) is 4.79 Å². The lowest BCUT2D eigenvalue weighted by Gasteiger charge is -2.30. The molecule has 4 heterocycles. The summed E-state index contributed by atoms with van der Waals surface area (Å²) in [5.41, 5.74) is 5.75. The number of aryl methyl sites for hydroxylation is 2. The molecular formula is C22H23N7O. The van der Waals surface area contributed by atoms with Crippen LogP contribution in [-0.2, 0) is 0 Å². The first-order chi connectivity index (χ1) is 14.6. The van der Waals surface area contributed by atoms with Gasteiger partial charge in [-0.05, 0) is 43.7 Å². The van der Waals surface area contributed by atoms with Crippen molar-refractivity contribution in [3.8, 4) is 0 Å². The van der Waals surface area contributed by atoms with E-state index in [0.717, 1.165) is 54.2 Å². The van der Waals surface area contributed by atoms with Gasteiger partial charge in [0.25, 0.3) is 5.91 Å². The average molecular weight is 401 g/mol. The first-order valence-electron chi connectivity index (χ1n) is 10.1. The highest BCUT2D eigenvalue weighted by Gasteiger charge is 2.19. The Morgan fingerprint density at radius 2 is 1.97 bits per heavy atom. The lowest BCUT2D eigenvalue weighted by atomic mass is 10.1. The number of carbonyl (C=O) groups excluding carboxylic acids is 1. The molecule has 0 radical (unpaired) electrons. The van der Waals surface area contributed by atoms with Gasteiger partial charge in [-0.2, -0.15) is 5.10 Å². The van der Waals surface area contributed by atoms with Gasteiger partial charge in [0, 0.05) is 49.6 Å². The van der Waals surface area contributed by atoms with Crippen LogP contribution in [0.15, 0.2) is 42.9 Å². The number of amides is 1. The Morgan fingerprint density at radius 3 is 2.80 bits per heavy atom.